The summed E-state index contributed by atoms with van der Waals surface area (Å²) in [5, 5.41) is 2.93. The van der Waals surface area contributed by atoms with Crippen molar-refractivity contribution in [3.05, 3.63) is 65.5 Å². The van der Waals surface area contributed by atoms with Gasteiger partial charge in [-0.05, 0) is 37.5 Å². The molecule has 2 aromatic rings. The summed E-state index contributed by atoms with van der Waals surface area (Å²) in [5.74, 6) is -0.303. The Bertz CT molecular complexity index is 726. The van der Waals surface area contributed by atoms with Gasteiger partial charge in [-0.25, -0.2) is 0 Å². The highest BCUT2D eigenvalue weighted by Gasteiger charge is 2.24. The molecule has 2 amide bonds. The summed E-state index contributed by atoms with van der Waals surface area (Å²) in [4.78, 5) is 30.7. The Labute approximate surface area is 141 Å². The van der Waals surface area contributed by atoms with Crippen LogP contribution in [0.3, 0.4) is 0 Å². The number of benzene rings is 1. The minimum Gasteiger partial charge on any atom is -0.349 e. The van der Waals surface area contributed by atoms with E-state index in [9.17, 15) is 9.59 Å². The number of nitrogens with zero attached hydrogens (tertiary/aromatic N) is 2. The van der Waals surface area contributed by atoms with Crippen LogP contribution in [-0.2, 0) is 6.54 Å². The van der Waals surface area contributed by atoms with Gasteiger partial charge >= 0.3 is 0 Å². The van der Waals surface area contributed by atoms with Crippen molar-refractivity contribution in [3.8, 4) is 0 Å². The molecule has 5 heteroatoms. The van der Waals surface area contributed by atoms with Gasteiger partial charge in [0.25, 0.3) is 11.8 Å². The third kappa shape index (κ3) is 3.98. The molecule has 1 fully saturated rings. The normalized spacial score (nSPS) is 13.4. The first-order chi connectivity index (χ1) is 11.7. The van der Waals surface area contributed by atoms with Gasteiger partial charge in [0.1, 0.15) is 5.69 Å². The van der Waals surface area contributed by atoms with Gasteiger partial charge in [-0.1, -0.05) is 30.3 Å². The number of aromatic nitrogens is 1. The molecule has 0 atom stereocenters. The summed E-state index contributed by atoms with van der Waals surface area (Å²) >= 11 is 0. The van der Waals surface area contributed by atoms with Crippen molar-refractivity contribution in [3.63, 3.8) is 0 Å². The fourth-order valence-electron chi connectivity index (χ4n) is 2.48. The van der Waals surface area contributed by atoms with Gasteiger partial charge in [-0.2, -0.15) is 0 Å². The third-order valence-corrected chi connectivity index (χ3v) is 4.04. The highest BCUT2D eigenvalue weighted by molar-refractivity contribution is 5.98. The second-order valence-corrected chi connectivity index (χ2v) is 5.98. The van der Waals surface area contributed by atoms with E-state index in [1.807, 2.05) is 37.3 Å². The topological polar surface area (TPSA) is 62.3 Å². The molecule has 1 aromatic carbocycles. The molecule has 0 saturated heterocycles. The summed E-state index contributed by atoms with van der Waals surface area (Å²) in [6.07, 6.45) is 3.58. The number of carbonyl (C=O) groups is 2. The van der Waals surface area contributed by atoms with Crippen LogP contribution in [0.15, 0.2) is 48.7 Å². The molecule has 1 aliphatic carbocycles. The van der Waals surface area contributed by atoms with Crippen LogP contribution in [0.4, 0.5) is 0 Å². The molecule has 1 heterocycles. The standard InChI is InChI=1S/C19H21N3O2/c1-2-22(13-14-6-4-3-5-7-14)19(24)17-12-15(10-11-20-17)18(23)21-16-8-9-16/h3-7,10-12,16H,2,8-9,13H2,1H3,(H,21,23). The zero-order valence-corrected chi connectivity index (χ0v) is 13.7. The first kappa shape index (κ1) is 16.2. The number of hydrogen-bond acceptors (Lipinski definition) is 3. The molecule has 3 rings (SSSR count). The number of rotatable bonds is 6. The smallest absolute Gasteiger partial charge is 0.272 e. The lowest BCUT2D eigenvalue weighted by molar-refractivity contribution is 0.0746. The van der Waals surface area contributed by atoms with Crippen LogP contribution in [0.2, 0.25) is 0 Å². The number of pyridine rings is 1. The molecular weight excluding hydrogens is 302 g/mol. The van der Waals surface area contributed by atoms with E-state index >= 15 is 0 Å². The Morgan fingerprint density at radius 1 is 1.21 bits per heavy atom. The SMILES string of the molecule is CCN(Cc1ccccc1)C(=O)c1cc(C(=O)NC2CC2)ccn1. The van der Waals surface area contributed by atoms with E-state index in [4.69, 9.17) is 0 Å². The van der Waals surface area contributed by atoms with Crippen molar-refractivity contribution in [2.75, 3.05) is 6.54 Å². The van der Waals surface area contributed by atoms with E-state index in [1.165, 1.54) is 6.20 Å². The van der Waals surface area contributed by atoms with Crippen LogP contribution in [-0.4, -0.2) is 34.3 Å². The van der Waals surface area contributed by atoms with Crippen molar-refractivity contribution < 1.29 is 9.59 Å². The first-order valence-corrected chi connectivity index (χ1v) is 8.27. The molecule has 1 aromatic heterocycles. The maximum Gasteiger partial charge on any atom is 0.272 e. The van der Waals surface area contributed by atoms with Gasteiger partial charge < -0.3 is 10.2 Å². The molecular formula is C19H21N3O2. The van der Waals surface area contributed by atoms with E-state index < -0.39 is 0 Å². The van der Waals surface area contributed by atoms with Gasteiger partial charge in [-0.3, -0.25) is 14.6 Å². The zero-order valence-electron chi connectivity index (χ0n) is 13.7. The lowest BCUT2D eigenvalue weighted by Gasteiger charge is -2.20. The average Bonchev–Trinajstić information content (AvgIpc) is 3.44. The van der Waals surface area contributed by atoms with Gasteiger partial charge in [0, 0.05) is 30.9 Å². The number of hydrogen-bond donors (Lipinski definition) is 1. The molecule has 0 unspecified atom stereocenters. The van der Waals surface area contributed by atoms with Crippen LogP contribution < -0.4 is 5.32 Å². The van der Waals surface area contributed by atoms with Crippen molar-refractivity contribution in [2.24, 2.45) is 0 Å². The third-order valence-electron chi connectivity index (χ3n) is 4.04. The van der Waals surface area contributed by atoms with Gasteiger partial charge in [0.2, 0.25) is 0 Å². The molecule has 1 aliphatic rings. The van der Waals surface area contributed by atoms with Gasteiger partial charge in [-0.15, -0.1) is 0 Å². The van der Waals surface area contributed by atoms with Crippen molar-refractivity contribution in [2.45, 2.75) is 32.4 Å². The highest BCUT2D eigenvalue weighted by Crippen LogP contribution is 2.19. The molecule has 0 bridgehead atoms. The molecule has 0 radical (unpaired) electrons. The van der Waals surface area contributed by atoms with E-state index in [0.29, 0.717) is 24.3 Å². The van der Waals surface area contributed by atoms with Crippen LogP contribution in [0.25, 0.3) is 0 Å². The molecule has 24 heavy (non-hydrogen) atoms. The van der Waals surface area contributed by atoms with Crippen LogP contribution in [0.5, 0.6) is 0 Å². The minimum absolute atomic E-state index is 0.139. The summed E-state index contributed by atoms with van der Waals surface area (Å²) in [6, 6.07) is 13.3. The second-order valence-electron chi connectivity index (χ2n) is 5.98. The molecule has 124 valence electrons. The predicted octanol–water partition coefficient (Wildman–Crippen LogP) is 2.64. The number of nitrogens with one attached hydrogen (secondary N) is 1. The van der Waals surface area contributed by atoms with Gasteiger partial charge in [0.15, 0.2) is 0 Å². The quantitative estimate of drug-likeness (QED) is 0.889. The minimum atomic E-state index is -0.164. The highest BCUT2D eigenvalue weighted by atomic mass is 16.2. The molecule has 1 saturated carbocycles. The van der Waals surface area contributed by atoms with E-state index in [-0.39, 0.29) is 17.9 Å². The van der Waals surface area contributed by atoms with E-state index in [0.717, 1.165) is 18.4 Å². The summed E-state index contributed by atoms with van der Waals surface area (Å²) in [6.45, 7) is 3.04. The predicted molar refractivity (Wildman–Crippen MR) is 91.6 cm³/mol. The van der Waals surface area contributed by atoms with Crippen molar-refractivity contribution in [1.82, 2.24) is 15.2 Å². The average molecular weight is 323 g/mol. The summed E-state index contributed by atoms with van der Waals surface area (Å²) < 4.78 is 0. The molecule has 0 aliphatic heterocycles. The molecule has 1 N–H and O–H groups in total. The largest absolute Gasteiger partial charge is 0.349 e. The van der Waals surface area contributed by atoms with Crippen molar-refractivity contribution in [1.29, 1.82) is 0 Å². The Kier molecular flexibility index (Phi) is 4.89. The Balaban J connectivity index is 1.73. The Morgan fingerprint density at radius 2 is 1.96 bits per heavy atom. The Morgan fingerprint density at radius 3 is 2.62 bits per heavy atom. The number of carbonyl (C=O) groups excluding carboxylic acids is 2. The second kappa shape index (κ2) is 7.25. The summed E-state index contributed by atoms with van der Waals surface area (Å²) in [5.41, 5.74) is 1.85. The fourth-order valence-corrected chi connectivity index (χ4v) is 2.48. The van der Waals surface area contributed by atoms with Crippen molar-refractivity contribution >= 4 is 11.8 Å². The molecule has 0 spiro atoms. The van der Waals surface area contributed by atoms with Crippen LogP contribution in [0, 0.1) is 0 Å². The van der Waals surface area contributed by atoms with Crippen LogP contribution in [0.1, 0.15) is 46.2 Å². The van der Waals surface area contributed by atoms with E-state index in [1.54, 1.807) is 17.0 Å². The number of amides is 2. The Hall–Kier alpha value is -2.69. The lowest BCUT2D eigenvalue weighted by Crippen LogP contribution is -2.31. The monoisotopic (exact) mass is 323 g/mol. The summed E-state index contributed by atoms with van der Waals surface area (Å²) in [7, 11) is 0. The maximum atomic E-state index is 12.7. The first-order valence-electron chi connectivity index (χ1n) is 8.27. The molecule has 5 nitrogen and oxygen atoms in total. The van der Waals surface area contributed by atoms with Gasteiger partial charge in [0.05, 0.1) is 0 Å². The van der Waals surface area contributed by atoms with E-state index in [2.05, 4.69) is 10.3 Å². The fraction of sp³-hybridized carbons (Fsp3) is 0.316. The van der Waals surface area contributed by atoms with Crippen LogP contribution >= 0.6 is 0 Å². The lowest BCUT2D eigenvalue weighted by atomic mass is 10.1. The maximum absolute atomic E-state index is 12.7. The zero-order chi connectivity index (χ0) is 16.9.